The van der Waals surface area contributed by atoms with Crippen LogP contribution in [0.1, 0.15) is 30.4 Å². The molecule has 1 N–H and O–H groups in total. The highest BCUT2D eigenvalue weighted by Crippen LogP contribution is 2.20. The number of furan rings is 1. The van der Waals surface area contributed by atoms with Crippen molar-refractivity contribution in [3.63, 3.8) is 0 Å². The highest BCUT2D eigenvalue weighted by Gasteiger charge is 2.04. The highest BCUT2D eigenvalue weighted by atomic mass is 32.2. The topological polar surface area (TPSA) is 51.0 Å². The summed E-state index contributed by atoms with van der Waals surface area (Å²) in [6.45, 7) is 5.94. The summed E-state index contributed by atoms with van der Waals surface area (Å²) < 4.78 is 5.74. The zero-order chi connectivity index (χ0) is 13.5. The average molecular weight is 277 g/mol. The standard InChI is InChI=1S/C14H19N3OS/c1-3-6-15-9-12-4-5-13(18-12)10-19-14-16-7-11(2)8-17-14/h4-5,7-8,15H,3,6,9-10H2,1-2H3. The van der Waals surface area contributed by atoms with Gasteiger partial charge < -0.3 is 9.73 Å². The smallest absolute Gasteiger partial charge is 0.187 e. The molecule has 2 aromatic rings. The first-order valence-corrected chi connectivity index (χ1v) is 7.46. The van der Waals surface area contributed by atoms with E-state index in [0.29, 0.717) is 0 Å². The summed E-state index contributed by atoms with van der Waals surface area (Å²) in [7, 11) is 0. The van der Waals surface area contributed by atoms with Crippen molar-refractivity contribution in [2.45, 2.75) is 37.7 Å². The van der Waals surface area contributed by atoms with E-state index in [-0.39, 0.29) is 0 Å². The van der Waals surface area contributed by atoms with Gasteiger partial charge in [-0.1, -0.05) is 18.7 Å². The molecule has 2 heterocycles. The number of hydrogen-bond acceptors (Lipinski definition) is 5. The monoisotopic (exact) mass is 277 g/mol. The van der Waals surface area contributed by atoms with Crippen molar-refractivity contribution in [2.75, 3.05) is 6.54 Å². The van der Waals surface area contributed by atoms with E-state index in [0.717, 1.165) is 47.5 Å². The summed E-state index contributed by atoms with van der Waals surface area (Å²) in [5.41, 5.74) is 1.08. The molecular weight excluding hydrogens is 258 g/mol. The van der Waals surface area contributed by atoms with Crippen molar-refractivity contribution >= 4 is 11.8 Å². The van der Waals surface area contributed by atoms with Gasteiger partial charge in [0.1, 0.15) is 11.5 Å². The SMILES string of the molecule is CCCNCc1ccc(CSc2ncc(C)cn2)o1. The molecule has 0 aliphatic carbocycles. The summed E-state index contributed by atoms with van der Waals surface area (Å²) in [5, 5.41) is 4.10. The number of rotatable bonds is 7. The van der Waals surface area contributed by atoms with Gasteiger partial charge in [0, 0.05) is 12.4 Å². The minimum absolute atomic E-state index is 0.761. The van der Waals surface area contributed by atoms with Crippen LogP contribution in [-0.2, 0) is 12.3 Å². The largest absolute Gasteiger partial charge is 0.464 e. The molecule has 0 aliphatic rings. The molecule has 5 heteroatoms. The molecule has 0 bridgehead atoms. The second kappa shape index (κ2) is 7.31. The van der Waals surface area contributed by atoms with Crippen molar-refractivity contribution in [3.8, 4) is 0 Å². The van der Waals surface area contributed by atoms with Gasteiger partial charge in [-0.15, -0.1) is 0 Å². The van der Waals surface area contributed by atoms with E-state index in [1.54, 1.807) is 11.8 Å². The summed E-state index contributed by atoms with van der Waals surface area (Å²) in [6.07, 6.45) is 4.79. The van der Waals surface area contributed by atoms with Gasteiger partial charge in [-0.3, -0.25) is 0 Å². The molecule has 0 radical (unpaired) electrons. The molecule has 2 aromatic heterocycles. The van der Waals surface area contributed by atoms with Gasteiger partial charge in [0.25, 0.3) is 0 Å². The lowest BCUT2D eigenvalue weighted by atomic mass is 10.4. The molecule has 102 valence electrons. The minimum atomic E-state index is 0.761. The third-order valence-electron chi connectivity index (χ3n) is 2.54. The maximum atomic E-state index is 5.74. The molecule has 0 saturated heterocycles. The van der Waals surface area contributed by atoms with E-state index in [2.05, 4.69) is 22.2 Å². The summed E-state index contributed by atoms with van der Waals surface area (Å²) in [4.78, 5) is 8.52. The molecule has 0 atom stereocenters. The fraction of sp³-hybridized carbons (Fsp3) is 0.429. The Morgan fingerprint density at radius 3 is 2.68 bits per heavy atom. The van der Waals surface area contributed by atoms with Gasteiger partial charge in [0.05, 0.1) is 12.3 Å². The second-order valence-electron chi connectivity index (χ2n) is 4.38. The van der Waals surface area contributed by atoms with Crippen LogP contribution in [-0.4, -0.2) is 16.5 Å². The number of hydrogen-bond donors (Lipinski definition) is 1. The van der Waals surface area contributed by atoms with E-state index in [1.807, 2.05) is 31.5 Å². The summed E-state index contributed by atoms with van der Waals surface area (Å²) in [6, 6.07) is 4.04. The van der Waals surface area contributed by atoms with Crippen molar-refractivity contribution in [1.82, 2.24) is 15.3 Å². The predicted molar refractivity (Wildman–Crippen MR) is 77.0 cm³/mol. The molecule has 0 fully saturated rings. The molecule has 4 nitrogen and oxygen atoms in total. The molecule has 2 rings (SSSR count). The molecular formula is C14H19N3OS. The van der Waals surface area contributed by atoms with E-state index >= 15 is 0 Å². The summed E-state index contributed by atoms with van der Waals surface area (Å²) >= 11 is 1.59. The van der Waals surface area contributed by atoms with Crippen LogP contribution in [0.4, 0.5) is 0 Å². The van der Waals surface area contributed by atoms with Crippen LogP contribution in [0.5, 0.6) is 0 Å². The van der Waals surface area contributed by atoms with Crippen LogP contribution < -0.4 is 5.32 Å². The Hall–Kier alpha value is -1.33. The first-order chi connectivity index (χ1) is 9.28. The lowest BCUT2D eigenvalue weighted by Crippen LogP contribution is -2.12. The zero-order valence-electron chi connectivity index (χ0n) is 11.3. The maximum absolute atomic E-state index is 5.74. The number of thioether (sulfide) groups is 1. The molecule has 19 heavy (non-hydrogen) atoms. The number of nitrogens with zero attached hydrogens (tertiary/aromatic N) is 2. The fourth-order valence-corrected chi connectivity index (χ4v) is 2.26. The molecule has 0 saturated carbocycles. The van der Waals surface area contributed by atoms with Crippen LogP contribution in [0.25, 0.3) is 0 Å². The molecule has 0 aliphatic heterocycles. The Morgan fingerprint density at radius 1 is 1.21 bits per heavy atom. The van der Waals surface area contributed by atoms with Gasteiger partial charge in [-0.25, -0.2) is 9.97 Å². The van der Waals surface area contributed by atoms with E-state index in [1.165, 1.54) is 0 Å². The molecule has 0 amide bonds. The quantitative estimate of drug-likeness (QED) is 0.478. The second-order valence-corrected chi connectivity index (χ2v) is 5.32. The molecule has 0 spiro atoms. The van der Waals surface area contributed by atoms with E-state index in [4.69, 9.17) is 4.42 Å². The van der Waals surface area contributed by atoms with Crippen molar-refractivity contribution < 1.29 is 4.42 Å². The maximum Gasteiger partial charge on any atom is 0.187 e. The number of aryl methyl sites for hydroxylation is 1. The van der Waals surface area contributed by atoms with E-state index in [9.17, 15) is 0 Å². The minimum Gasteiger partial charge on any atom is -0.464 e. The molecule has 0 unspecified atom stereocenters. The van der Waals surface area contributed by atoms with Gasteiger partial charge in [0.2, 0.25) is 0 Å². The Balaban J connectivity index is 1.81. The van der Waals surface area contributed by atoms with Crippen molar-refractivity contribution in [3.05, 3.63) is 41.6 Å². The first kappa shape index (κ1) is 14.1. The third-order valence-corrected chi connectivity index (χ3v) is 3.44. The number of aromatic nitrogens is 2. The number of nitrogens with one attached hydrogen (secondary N) is 1. The van der Waals surface area contributed by atoms with Crippen LogP contribution in [0.3, 0.4) is 0 Å². The average Bonchev–Trinajstić information content (AvgIpc) is 2.86. The van der Waals surface area contributed by atoms with E-state index < -0.39 is 0 Å². The van der Waals surface area contributed by atoms with Gasteiger partial charge in [-0.2, -0.15) is 0 Å². The Morgan fingerprint density at radius 2 is 1.95 bits per heavy atom. The van der Waals surface area contributed by atoms with Crippen molar-refractivity contribution in [1.29, 1.82) is 0 Å². The zero-order valence-corrected chi connectivity index (χ0v) is 12.2. The van der Waals surface area contributed by atoms with Crippen molar-refractivity contribution in [2.24, 2.45) is 0 Å². The van der Waals surface area contributed by atoms with Crippen LogP contribution in [0, 0.1) is 6.92 Å². The third kappa shape index (κ3) is 4.69. The lowest BCUT2D eigenvalue weighted by molar-refractivity contribution is 0.459. The van der Waals surface area contributed by atoms with Gasteiger partial charge in [-0.05, 0) is 37.6 Å². The summed E-state index contributed by atoms with van der Waals surface area (Å²) in [5.74, 6) is 2.70. The normalized spacial score (nSPS) is 10.8. The van der Waals surface area contributed by atoms with Crippen LogP contribution >= 0.6 is 11.8 Å². The van der Waals surface area contributed by atoms with Crippen LogP contribution in [0.2, 0.25) is 0 Å². The Bertz CT molecular complexity index is 496. The Kier molecular flexibility index (Phi) is 5.42. The molecule has 0 aromatic carbocycles. The highest BCUT2D eigenvalue weighted by molar-refractivity contribution is 7.98. The van der Waals surface area contributed by atoms with Gasteiger partial charge in [0.15, 0.2) is 5.16 Å². The Labute approximate surface area is 118 Å². The first-order valence-electron chi connectivity index (χ1n) is 6.47. The van der Waals surface area contributed by atoms with Crippen LogP contribution in [0.15, 0.2) is 34.1 Å². The van der Waals surface area contributed by atoms with Gasteiger partial charge >= 0.3 is 0 Å². The lowest BCUT2D eigenvalue weighted by Gasteiger charge is -2.00. The fourth-order valence-electron chi connectivity index (χ4n) is 1.57. The predicted octanol–water partition coefficient (Wildman–Crippen LogP) is 3.17.